The number of phenolic OH excluding ortho intramolecular Hbond substituents is 1. The Kier molecular flexibility index (Phi) is 5.21. The molecule has 3 aromatic carbocycles. The summed E-state index contributed by atoms with van der Waals surface area (Å²) in [5.74, 6) is -0.0127. The number of rotatable bonds is 3. The van der Waals surface area contributed by atoms with Crippen molar-refractivity contribution in [3.63, 3.8) is 0 Å². The first-order valence-electron chi connectivity index (χ1n) is 8.16. The molecule has 0 fully saturated rings. The van der Waals surface area contributed by atoms with E-state index in [1.54, 1.807) is 24.3 Å². The number of carbonyl (C=O) groups excluding carboxylic acids is 1. The molecule has 2 N–H and O–H groups in total. The van der Waals surface area contributed by atoms with Gasteiger partial charge in [-0.25, -0.2) is 4.79 Å². The molecule has 0 aliphatic heterocycles. The van der Waals surface area contributed by atoms with E-state index in [1.807, 2.05) is 12.1 Å². The van der Waals surface area contributed by atoms with Crippen LogP contribution in [-0.4, -0.2) is 16.9 Å². The van der Waals surface area contributed by atoms with Crippen molar-refractivity contribution < 1.29 is 27.9 Å². The molecule has 144 valence electrons. The summed E-state index contributed by atoms with van der Waals surface area (Å²) in [5.41, 5.74) is -0.389. The van der Waals surface area contributed by atoms with Crippen LogP contribution in [0.3, 0.4) is 0 Å². The summed E-state index contributed by atoms with van der Waals surface area (Å²) in [6.45, 7) is 1.53. The Morgan fingerprint density at radius 3 is 2.57 bits per heavy atom. The molecule has 0 aliphatic rings. The quantitative estimate of drug-likeness (QED) is 0.352. The molecule has 5 nitrogen and oxygen atoms in total. The lowest BCUT2D eigenvalue weighted by molar-refractivity contribution is -0.137. The maximum absolute atomic E-state index is 12.7. The molecule has 3 aromatic rings. The van der Waals surface area contributed by atoms with Crippen LogP contribution in [-0.2, 0) is 11.0 Å². The number of nitrogens with zero attached hydrogens (tertiary/aromatic N) is 1. The third-order valence-corrected chi connectivity index (χ3v) is 3.99. The van der Waals surface area contributed by atoms with Crippen molar-refractivity contribution in [2.75, 3.05) is 5.32 Å². The van der Waals surface area contributed by atoms with E-state index in [2.05, 4.69) is 10.5 Å². The molecule has 0 bridgehead atoms. The van der Waals surface area contributed by atoms with E-state index in [0.29, 0.717) is 10.9 Å². The second-order valence-electron chi connectivity index (χ2n) is 5.94. The minimum absolute atomic E-state index is 0.0127. The highest BCUT2D eigenvalue weighted by Crippen LogP contribution is 2.31. The number of hydrogen-bond donors (Lipinski definition) is 2. The molecule has 0 atom stereocenters. The van der Waals surface area contributed by atoms with Crippen molar-refractivity contribution in [3.8, 4) is 5.75 Å². The molecular formula is C20H15F3N2O3. The Labute approximate surface area is 158 Å². The molecule has 0 spiro atoms. The van der Waals surface area contributed by atoms with Crippen LogP contribution in [0.1, 0.15) is 18.1 Å². The number of fused-ring (bicyclic) bond motifs is 1. The van der Waals surface area contributed by atoms with Crippen molar-refractivity contribution in [1.82, 2.24) is 0 Å². The normalized spacial score (nSPS) is 12.1. The van der Waals surface area contributed by atoms with Gasteiger partial charge in [0.1, 0.15) is 5.75 Å². The number of aromatic hydroxyl groups is 1. The fraction of sp³-hybridized carbons (Fsp3) is 0.100. The molecule has 3 rings (SSSR count). The number of nitrogens with one attached hydrogen (secondary N) is 1. The van der Waals surface area contributed by atoms with Gasteiger partial charge in [0.05, 0.1) is 11.3 Å². The van der Waals surface area contributed by atoms with Gasteiger partial charge in [0.2, 0.25) is 0 Å². The third-order valence-electron chi connectivity index (χ3n) is 3.99. The van der Waals surface area contributed by atoms with Crippen LogP contribution in [0.2, 0.25) is 0 Å². The zero-order valence-electron chi connectivity index (χ0n) is 14.6. The molecule has 28 heavy (non-hydrogen) atoms. The number of halogens is 3. The van der Waals surface area contributed by atoms with Crippen LogP contribution >= 0.6 is 0 Å². The van der Waals surface area contributed by atoms with E-state index in [9.17, 15) is 23.1 Å². The predicted octanol–water partition coefficient (Wildman–Crippen LogP) is 5.54. The predicted molar refractivity (Wildman–Crippen MR) is 99.4 cm³/mol. The van der Waals surface area contributed by atoms with Crippen LogP contribution in [0.5, 0.6) is 5.75 Å². The summed E-state index contributed by atoms with van der Waals surface area (Å²) < 4.78 is 38.1. The lowest BCUT2D eigenvalue weighted by Crippen LogP contribution is -2.13. The van der Waals surface area contributed by atoms with Crippen molar-refractivity contribution in [2.45, 2.75) is 13.1 Å². The Hall–Kier alpha value is -3.55. The maximum Gasteiger partial charge on any atom is 0.437 e. The van der Waals surface area contributed by atoms with Gasteiger partial charge < -0.3 is 5.11 Å². The second-order valence-corrected chi connectivity index (χ2v) is 5.94. The van der Waals surface area contributed by atoms with E-state index in [0.717, 1.165) is 17.5 Å². The lowest BCUT2D eigenvalue weighted by atomic mass is 10.0. The highest BCUT2D eigenvalue weighted by molar-refractivity contribution is 6.06. The molecular weight excluding hydrogens is 373 g/mol. The topological polar surface area (TPSA) is 70.9 Å². The van der Waals surface area contributed by atoms with E-state index in [-0.39, 0.29) is 17.1 Å². The Morgan fingerprint density at radius 2 is 1.82 bits per heavy atom. The van der Waals surface area contributed by atoms with Gasteiger partial charge in [-0.1, -0.05) is 41.6 Å². The van der Waals surface area contributed by atoms with E-state index in [1.165, 1.54) is 19.1 Å². The smallest absolute Gasteiger partial charge is 0.437 e. The van der Waals surface area contributed by atoms with Gasteiger partial charge in [-0.3, -0.25) is 10.2 Å². The molecule has 0 aliphatic carbocycles. The summed E-state index contributed by atoms with van der Waals surface area (Å²) >= 11 is 0. The molecule has 0 aromatic heterocycles. The van der Waals surface area contributed by atoms with Crippen molar-refractivity contribution in [2.24, 2.45) is 5.16 Å². The number of carbonyl (C=O) groups is 1. The zero-order valence-corrected chi connectivity index (χ0v) is 14.6. The number of hydrogen-bond acceptors (Lipinski definition) is 4. The van der Waals surface area contributed by atoms with Gasteiger partial charge in [-0.15, -0.1) is 0 Å². The maximum atomic E-state index is 12.7. The van der Waals surface area contributed by atoms with Gasteiger partial charge in [0.25, 0.3) is 0 Å². The van der Waals surface area contributed by atoms with Crippen LogP contribution < -0.4 is 5.32 Å². The summed E-state index contributed by atoms with van der Waals surface area (Å²) in [4.78, 5) is 16.5. The van der Waals surface area contributed by atoms with Crippen LogP contribution in [0.4, 0.5) is 23.7 Å². The Morgan fingerprint density at radius 1 is 1.07 bits per heavy atom. The van der Waals surface area contributed by atoms with Crippen molar-refractivity contribution in [1.29, 1.82) is 0 Å². The number of alkyl halides is 3. The minimum Gasteiger partial charge on any atom is -0.507 e. The van der Waals surface area contributed by atoms with Gasteiger partial charge in [-0.2, -0.15) is 13.2 Å². The SMILES string of the molecule is C/C(=N\OC(=O)Nc1cccc(C(F)(F)F)c1)c1ccc2ccccc2c1O. The monoisotopic (exact) mass is 388 g/mol. The minimum atomic E-state index is -4.52. The fourth-order valence-electron chi connectivity index (χ4n) is 2.62. The second kappa shape index (κ2) is 7.59. The molecule has 1 amide bonds. The fourth-order valence-corrected chi connectivity index (χ4v) is 2.62. The largest absolute Gasteiger partial charge is 0.507 e. The molecule has 0 radical (unpaired) electrons. The van der Waals surface area contributed by atoms with Gasteiger partial charge in [0, 0.05) is 16.6 Å². The number of anilines is 1. The number of benzene rings is 3. The average molecular weight is 388 g/mol. The molecule has 0 heterocycles. The molecule has 0 saturated heterocycles. The summed E-state index contributed by atoms with van der Waals surface area (Å²) in [5, 5.41) is 17.7. The third kappa shape index (κ3) is 4.22. The van der Waals surface area contributed by atoms with Crippen LogP contribution in [0.25, 0.3) is 10.8 Å². The van der Waals surface area contributed by atoms with Crippen LogP contribution in [0.15, 0.2) is 65.8 Å². The van der Waals surface area contributed by atoms with Crippen LogP contribution in [0, 0.1) is 0 Å². The Balaban J connectivity index is 1.73. The highest BCUT2D eigenvalue weighted by atomic mass is 19.4. The molecule has 0 unspecified atom stereocenters. The summed E-state index contributed by atoms with van der Waals surface area (Å²) in [6, 6.07) is 14.7. The van der Waals surface area contributed by atoms with E-state index in [4.69, 9.17) is 4.84 Å². The van der Waals surface area contributed by atoms with Gasteiger partial charge in [0.15, 0.2) is 0 Å². The number of phenols is 1. The molecule has 0 saturated carbocycles. The summed E-state index contributed by atoms with van der Waals surface area (Å²) in [6.07, 6.45) is -5.58. The lowest BCUT2D eigenvalue weighted by Gasteiger charge is -2.09. The van der Waals surface area contributed by atoms with E-state index >= 15 is 0 Å². The van der Waals surface area contributed by atoms with Crippen molar-refractivity contribution in [3.05, 3.63) is 71.8 Å². The van der Waals surface area contributed by atoms with Gasteiger partial charge in [-0.05, 0) is 36.6 Å². The van der Waals surface area contributed by atoms with Gasteiger partial charge >= 0.3 is 12.3 Å². The molecule has 8 heteroatoms. The number of oxime groups is 1. The first-order valence-corrected chi connectivity index (χ1v) is 8.16. The van der Waals surface area contributed by atoms with Crippen molar-refractivity contribution >= 4 is 28.3 Å². The standard InChI is InChI=1S/C20H15F3N2O3/c1-12(16-10-9-13-5-2-3-8-17(13)18(16)26)25-28-19(27)24-15-7-4-6-14(11-15)20(21,22)23/h2-11,26H,1H3,(H,24,27)/b25-12+. The summed E-state index contributed by atoms with van der Waals surface area (Å²) in [7, 11) is 0. The number of amides is 1. The first-order chi connectivity index (χ1) is 13.3. The Bertz CT molecular complexity index is 1060. The first kappa shape index (κ1) is 19.2. The zero-order chi connectivity index (χ0) is 20.3. The highest BCUT2D eigenvalue weighted by Gasteiger charge is 2.30. The van der Waals surface area contributed by atoms with E-state index < -0.39 is 17.8 Å². The average Bonchev–Trinajstić information content (AvgIpc) is 2.66.